The number of nitrogens with zero attached hydrogens (tertiary/aromatic N) is 1. The summed E-state index contributed by atoms with van der Waals surface area (Å²) in [5.41, 5.74) is 3.17. The van der Waals surface area contributed by atoms with E-state index in [-0.39, 0.29) is 4.90 Å². The van der Waals surface area contributed by atoms with E-state index in [1.807, 2.05) is 19.9 Å². The minimum absolute atomic E-state index is 0.228. The molecule has 0 fully saturated rings. The van der Waals surface area contributed by atoms with Gasteiger partial charge in [-0.2, -0.15) is 0 Å². The van der Waals surface area contributed by atoms with E-state index in [0.29, 0.717) is 11.4 Å². The van der Waals surface area contributed by atoms with Crippen molar-refractivity contribution in [3.63, 3.8) is 0 Å². The highest BCUT2D eigenvalue weighted by molar-refractivity contribution is 7.92. The number of benzene rings is 2. The van der Waals surface area contributed by atoms with Crippen LogP contribution >= 0.6 is 0 Å². The Morgan fingerprint density at radius 3 is 2.39 bits per heavy atom. The van der Waals surface area contributed by atoms with E-state index in [1.165, 1.54) is 6.39 Å². The van der Waals surface area contributed by atoms with Crippen LogP contribution in [-0.2, 0) is 10.0 Å². The zero-order valence-corrected chi connectivity index (χ0v) is 13.6. The van der Waals surface area contributed by atoms with Gasteiger partial charge < -0.3 is 4.42 Å². The average Bonchev–Trinajstić information content (AvgIpc) is 3.00. The second-order valence-electron chi connectivity index (χ2n) is 5.37. The fraction of sp³-hybridized carbons (Fsp3) is 0.118. The van der Waals surface area contributed by atoms with Crippen LogP contribution in [0.1, 0.15) is 11.1 Å². The van der Waals surface area contributed by atoms with Crippen molar-refractivity contribution < 1.29 is 12.8 Å². The monoisotopic (exact) mass is 328 g/mol. The largest absolute Gasteiger partial charge is 0.444 e. The van der Waals surface area contributed by atoms with E-state index >= 15 is 0 Å². The summed E-state index contributed by atoms with van der Waals surface area (Å²) in [7, 11) is -3.63. The molecule has 0 spiro atoms. The molecule has 0 unspecified atom stereocenters. The minimum atomic E-state index is -3.63. The molecule has 0 saturated carbocycles. The molecule has 0 aliphatic heterocycles. The van der Waals surface area contributed by atoms with Gasteiger partial charge in [0, 0.05) is 11.3 Å². The van der Waals surface area contributed by atoms with E-state index in [4.69, 9.17) is 4.42 Å². The van der Waals surface area contributed by atoms with Gasteiger partial charge in [-0.25, -0.2) is 13.4 Å². The molecule has 6 heteroatoms. The van der Waals surface area contributed by atoms with Crippen LogP contribution in [0, 0.1) is 13.8 Å². The molecular formula is C17H16N2O3S. The fourth-order valence-electron chi connectivity index (χ4n) is 2.27. The molecule has 0 aliphatic rings. The summed E-state index contributed by atoms with van der Waals surface area (Å²) in [4.78, 5) is 4.11. The van der Waals surface area contributed by atoms with Crippen molar-refractivity contribution in [1.82, 2.24) is 4.98 Å². The van der Waals surface area contributed by atoms with E-state index in [2.05, 4.69) is 9.71 Å². The van der Waals surface area contributed by atoms with Crippen molar-refractivity contribution >= 4 is 15.7 Å². The second-order valence-corrected chi connectivity index (χ2v) is 7.05. The molecule has 0 bridgehead atoms. The molecule has 118 valence electrons. The van der Waals surface area contributed by atoms with Gasteiger partial charge in [0.05, 0.1) is 11.1 Å². The summed E-state index contributed by atoms with van der Waals surface area (Å²) < 4.78 is 32.8. The Kier molecular flexibility index (Phi) is 3.92. The minimum Gasteiger partial charge on any atom is -0.444 e. The lowest BCUT2D eigenvalue weighted by Crippen LogP contribution is -2.13. The average molecular weight is 328 g/mol. The molecule has 3 rings (SSSR count). The molecule has 1 heterocycles. The second kappa shape index (κ2) is 5.89. The maximum Gasteiger partial charge on any atom is 0.261 e. The predicted molar refractivity (Wildman–Crippen MR) is 88.7 cm³/mol. The van der Waals surface area contributed by atoms with Gasteiger partial charge in [-0.3, -0.25) is 4.72 Å². The molecule has 0 radical (unpaired) electrons. The van der Waals surface area contributed by atoms with Crippen molar-refractivity contribution in [3.8, 4) is 11.3 Å². The van der Waals surface area contributed by atoms with Crippen molar-refractivity contribution in [2.24, 2.45) is 0 Å². The number of anilines is 1. The topological polar surface area (TPSA) is 72.2 Å². The summed E-state index contributed by atoms with van der Waals surface area (Å²) in [6, 6.07) is 12.1. The molecule has 23 heavy (non-hydrogen) atoms. The molecule has 0 atom stereocenters. The van der Waals surface area contributed by atoms with E-state index in [0.717, 1.165) is 16.7 Å². The maximum absolute atomic E-state index is 12.5. The summed E-state index contributed by atoms with van der Waals surface area (Å²) in [6.45, 7) is 3.80. The Morgan fingerprint density at radius 2 is 1.74 bits per heavy atom. The number of rotatable bonds is 4. The third-order valence-corrected chi connectivity index (χ3v) is 4.77. The predicted octanol–water partition coefficient (Wildman–Crippen LogP) is 3.76. The van der Waals surface area contributed by atoms with Crippen molar-refractivity contribution in [3.05, 3.63) is 66.2 Å². The number of sulfonamides is 1. The van der Waals surface area contributed by atoms with Crippen LogP contribution in [0.3, 0.4) is 0 Å². The van der Waals surface area contributed by atoms with Gasteiger partial charge in [0.1, 0.15) is 0 Å². The summed E-state index contributed by atoms with van der Waals surface area (Å²) in [6.07, 6.45) is 2.93. The van der Waals surface area contributed by atoms with Gasteiger partial charge in [0.2, 0.25) is 0 Å². The molecule has 0 aliphatic carbocycles. The van der Waals surface area contributed by atoms with Crippen molar-refractivity contribution in [2.45, 2.75) is 18.7 Å². The van der Waals surface area contributed by atoms with Gasteiger partial charge in [-0.1, -0.05) is 17.7 Å². The Morgan fingerprint density at radius 1 is 1.00 bits per heavy atom. The van der Waals surface area contributed by atoms with Gasteiger partial charge in [0.15, 0.2) is 12.2 Å². The molecule has 0 amide bonds. The lowest BCUT2D eigenvalue weighted by atomic mass is 10.1. The van der Waals surface area contributed by atoms with Crippen LogP contribution in [0.4, 0.5) is 5.69 Å². The molecule has 1 N–H and O–H groups in total. The molecule has 0 saturated heterocycles. The van der Waals surface area contributed by atoms with Gasteiger partial charge in [-0.05, 0) is 49.7 Å². The van der Waals surface area contributed by atoms with Crippen LogP contribution in [-0.4, -0.2) is 13.4 Å². The quantitative estimate of drug-likeness (QED) is 0.791. The van der Waals surface area contributed by atoms with Crippen LogP contribution < -0.4 is 4.72 Å². The fourth-order valence-corrected chi connectivity index (χ4v) is 3.31. The molecule has 1 aromatic heterocycles. The first kappa shape index (κ1) is 15.3. The van der Waals surface area contributed by atoms with E-state index in [1.54, 1.807) is 42.6 Å². The SMILES string of the molecule is Cc1ccc(S(=O)(=O)Nc2cc(C)cc(-c3cnco3)c2)cc1. The molecule has 2 aromatic carbocycles. The number of aryl methyl sites for hydroxylation is 2. The van der Waals surface area contributed by atoms with E-state index in [9.17, 15) is 8.42 Å². The highest BCUT2D eigenvalue weighted by Gasteiger charge is 2.15. The Balaban J connectivity index is 1.95. The third-order valence-electron chi connectivity index (χ3n) is 3.38. The normalized spacial score (nSPS) is 11.4. The standard InChI is InChI=1S/C17H16N2O3S/c1-12-3-5-16(6-4-12)23(20,21)19-15-8-13(2)7-14(9-15)17-10-18-11-22-17/h3-11,19H,1-2H3. The first-order chi connectivity index (χ1) is 10.9. The lowest BCUT2D eigenvalue weighted by molar-refractivity contribution is 0.572. The van der Waals surface area contributed by atoms with Gasteiger partial charge >= 0.3 is 0 Å². The highest BCUT2D eigenvalue weighted by Crippen LogP contribution is 2.26. The Labute approximate surface area is 135 Å². The number of oxazole rings is 1. The molecular weight excluding hydrogens is 312 g/mol. The number of hydrogen-bond donors (Lipinski definition) is 1. The van der Waals surface area contributed by atoms with Crippen LogP contribution in [0.25, 0.3) is 11.3 Å². The summed E-state index contributed by atoms with van der Waals surface area (Å²) >= 11 is 0. The molecule has 5 nitrogen and oxygen atoms in total. The molecule has 3 aromatic rings. The number of aromatic nitrogens is 1. The number of hydrogen-bond acceptors (Lipinski definition) is 4. The van der Waals surface area contributed by atoms with Crippen molar-refractivity contribution in [1.29, 1.82) is 0 Å². The maximum atomic E-state index is 12.5. The van der Waals surface area contributed by atoms with E-state index < -0.39 is 10.0 Å². The smallest absolute Gasteiger partial charge is 0.261 e. The van der Waals surface area contributed by atoms with Gasteiger partial charge in [0.25, 0.3) is 10.0 Å². The van der Waals surface area contributed by atoms with Gasteiger partial charge in [-0.15, -0.1) is 0 Å². The first-order valence-corrected chi connectivity index (χ1v) is 8.52. The van der Waals surface area contributed by atoms with Crippen LogP contribution in [0.5, 0.6) is 0 Å². The van der Waals surface area contributed by atoms with Crippen molar-refractivity contribution in [2.75, 3.05) is 4.72 Å². The van der Waals surface area contributed by atoms with Crippen LogP contribution in [0.15, 0.2) is 64.4 Å². The highest BCUT2D eigenvalue weighted by atomic mass is 32.2. The zero-order chi connectivity index (χ0) is 16.4. The lowest BCUT2D eigenvalue weighted by Gasteiger charge is -2.10. The first-order valence-electron chi connectivity index (χ1n) is 7.04. The van der Waals surface area contributed by atoms with Crippen LogP contribution in [0.2, 0.25) is 0 Å². The Hall–Kier alpha value is -2.60. The third kappa shape index (κ3) is 3.43. The summed E-state index contributed by atoms with van der Waals surface area (Å²) in [5, 5.41) is 0. The zero-order valence-electron chi connectivity index (χ0n) is 12.8. The number of nitrogens with one attached hydrogen (secondary N) is 1. The Bertz CT molecular complexity index is 915. The summed E-state index contributed by atoms with van der Waals surface area (Å²) in [5.74, 6) is 0.587.